The quantitative estimate of drug-likeness (QED) is 0.782. The van der Waals surface area contributed by atoms with E-state index in [4.69, 9.17) is 10.5 Å². The fraction of sp³-hybridized carbons (Fsp3) is 0.450. The number of nitrogens with one attached hydrogen (secondary N) is 1. The highest BCUT2D eigenvalue weighted by atomic mass is 16.5. The number of ether oxygens (including phenoxy) is 1. The Kier molecular flexibility index (Phi) is 5.78. The fourth-order valence-corrected chi connectivity index (χ4v) is 3.54. The molecule has 7 nitrogen and oxygen atoms in total. The Hall–Kier alpha value is -2.83. The second-order valence-electron chi connectivity index (χ2n) is 7.00. The molecular formula is C20H27N5O2. The topological polar surface area (TPSA) is 93.4 Å². The first kappa shape index (κ1) is 18.9. The van der Waals surface area contributed by atoms with Crippen molar-refractivity contribution in [3.63, 3.8) is 0 Å². The number of carbonyl (C=O) groups is 1. The van der Waals surface area contributed by atoms with Gasteiger partial charge in [-0.25, -0.2) is 9.97 Å². The van der Waals surface area contributed by atoms with E-state index in [1.165, 1.54) is 17.5 Å². The van der Waals surface area contributed by atoms with Gasteiger partial charge < -0.3 is 20.7 Å². The molecule has 3 N–H and O–H groups in total. The Labute approximate surface area is 159 Å². The number of carbonyl (C=O) groups excluding carboxylic acids is 1. The zero-order chi connectivity index (χ0) is 19.4. The van der Waals surface area contributed by atoms with Gasteiger partial charge >= 0.3 is 5.97 Å². The molecule has 1 aromatic carbocycles. The van der Waals surface area contributed by atoms with E-state index in [1.54, 1.807) is 0 Å². The molecule has 0 amide bonds. The SMILES string of the molecule is CCOC(=O)C1CCCN(c2ncnc(Nc3cc(C)cc(C)c3)c2N)C1. The molecular weight excluding hydrogens is 342 g/mol. The van der Waals surface area contributed by atoms with E-state index >= 15 is 0 Å². The Bertz CT molecular complexity index is 804. The van der Waals surface area contributed by atoms with Crippen molar-refractivity contribution < 1.29 is 9.53 Å². The first-order valence-corrected chi connectivity index (χ1v) is 9.35. The molecule has 7 heteroatoms. The van der Waals surface area contributed by atoms with Gasteiger partial charge in [-0.1, -0.05) is 6.07 Å². The molecule has 1 aromatic heterocycles. The average molecular weight is 369 g/mol. The van der Waals surface area contributed by atoms with E-state index in [1.807, 2.05) is 19.1 Å². The lowest BCUT2D eigenvalue weighted by Gasteiger charge is -2.33. The number of hydrogen-bond donors (Lipinski definition) is 2. The summed E-state index contributed by atoms with van der Waals surface area (Å²) in [6.07, 6.45) is 3.23. The van der Waals surface area contributed by atoms with Gasteiger partial charge in [0.15, 0.2) is 11.6 Å². The van der Waals surface area contributed by atoms with Crippen LogP contribution in [0.2, 0.25) is 0 Å². The summed E-state index contributed by atoms with van der Waals surface area (Å²) in [5, 5.41) is 3.29. The lowest BCUT2D eigenvalue weighted by atomic mass is 9.98. The number of benzene rings is 1. The van der Waals surface area contributed by atoms with Crippen LogP contribution in [-0.4, -0.2) is 35.6 Å². The van der Waals surface area contributed by atoms with Gasteiger partial charge in [0, 0.05) is 18.8 Å². The van der Waals surface area contributed by atoms with Crippen molar-refractivity contribution in [2.75, 3.05) is 35.6 Å². The second kappa shape index (κ2) is 8.24. The van der Waals surface area contributed by atoms with Crippen LogP contribution in [0.1, 0.15) is 30.9 Å². The van der Waals surface area contributed by atoms with E-state index in [-0.39, 0.29) is 11.9 Å². The normalized spacial score (nSPS) is 16.9. The third-order valence-corrected chi connectivity index (χ3v) is 4.69. The van der Waals surface area contributed by atoms with Crippen molar-refractivity contribution in [2.45, 2.75) is 33.6 Å². The van der Waals surface area contributed by atoms with Gasteiger partial charge in [0.2, 0.25) is 0 Å². The third-order valence-electron chi connectivity index (χ3n) is 4.69. The van der Waals surface area contributed by atoms with Crippen molar-refractivity contribution in [1.82, 2.24) is 9.97 Å². The highest BCUT2D eigenvalue weighted by Crippen LogP contribution is 2.32. The van der Waals surface area contributed by atoms with E-state index in [2.05, 4.69) is 40.1 Å². The molecule has 1 aliphatic rings. The van der Waals surface area contributed by atoms with E-state index < -0.39 is 0 Å². The number of nitrogens with two attached hydrogens (primary N) is 1. The predicted octanol–water partition coefficient (Wildman–Crippen LogP) is 3.20. The van der Waals surface area contributed by atoms with Crippen molar-refractivity contribution >= 4 is 29.0 Å². The number of aryl methyl sites for hydroxylation is 2. The van der Waals surface area contributed by atoms with Crippen LogP contribution >= 0.6 is 0 Å². The van der Waals surface area contributed by atoms with Crippen LogP contribution in [0.25, 0.3) is 0 Å². The van der Waals surface area contributed by atoms with Gasteiger partial charge in [-0.3, -0.25) is 4.79 Å². The van der Waals surface area contributed by atoms with Crippen LogP contribution in [0.15, 0.2) is 24.5 Å². The first-order valence-electron chi connectivity index (χ1n) is 9.35. The number of nitrogen functional groups attached to an aromatic ring is 1. The van der Waals surface area contributed by atoms with E-state index in [0.29, 0.717) is 30.5 Å². The Morgan fingerprint density at radius 1 is 1.30 bits per heavy atom. The maximum Gasteiger partial charge on any atom is 0.310 e. The minimum atomic E-state index is -0.150. The number of piperidine rings is 1. The molecule has 1 aliphatic heterocycles. The number of aromatic nitrogens is 2. The van der Waals surface area contributed by atoms with Gasteiger partial charge in [-0.2, -0.15) is 0 Å². The molecule has 1 fully saturated rings. The van der Waals surface area contributed by atoms with Gasteiger partial charge in [0.1, 0.15) is 12.0 Å². The van der Waals surface area contributed by atoms with Gasteiger partial charge in [0.25, 0.3) is 0 Å². The molecule has 0 spiro atoms. The van der Waals surface area contributed by atoms with Crippen LogP contribution in [0.4, 0.5) is 23.0 Å². The maximum absolute atomic E-state index is 12.1. The Balaban J connectivity index is 1.81. The first-order chi connectivity index (χ1) is 13.0. The zero-order valence-electron chi connectivity index (χ0n) is 16.2. The molecule has 1 atom stereocenters. The lowest BCUT2D eigenvalue weighted by molar-refractivity contribution is -0.148. The van der Waals surface area contributed by atoms with Gasteiger partial charge in [0.05, 0.1) is 12.5 Å². The zero-order valence-corrected chi connectivity index (χ0v) is 16.2. The molecule has 0 bridgehead atoms. The van der Waals surface area contributed by atoms with Crippen LogP contribution < -0.4 is 16.0 Å². The van der Waals surface area contributed by atoms with Crippen LogP contribution in [-0.2, 0) is 9.53 Å². The third kappa shape index (κ3) is 4.48. The molecule has 0 saturated carbocycles. The van der Waals surface area contributed by atoms with Gasteiger partial charge in [-0.15, -0.1) is 0 Å². The van der Waals surface area contributed by atoms with Crippen LogP contribution in [0.3, 0.4) is 0 Å². The molecule has 27 heavy (non-hydrogen) atoms. The Morgan fingerprint density at radius 2 is 2.04 bits per heavy atom. The largest absolute Gasteiger partial charge is 0.466 e. The summed E-state index contributed by atoms with van der Waals surface area (Å²) < 4.78 is 5.18. The van der Waals surface area contributed by atoms with Crippen molar-refractivity contribution in [2.24, 2.45) is 5.92 Å². The number of anilines is 4. The summed E-state index contributed by atoms with van der Waals surface area (Å²) in [5.74, 6) is 0.932. The summed E-state index contributed by atoms with van der Waals surface area (Å²) in [6, 6.07) is 6.21. The number of nitrogens with zero attached hydrogens (tertiary/aromatic N) is 3. The fourth-order valence-electron chi connectivity index (χ4n) is 3.54. The summed E-state index contributed by atoms with van der Waals surface area (Å²) in [5.41, 5.74) is 10.1. The lowest BCUT2D eigenvalue weighted by Crippen LogP contribution is -2.40. The molecule has 0 aliphatic carbocycles. The molecule has 144 valence electrons. The standard InChI is InChI=1S/C20H27N5O2/c1-4-27-20(26)15-6-5-7-25(11-15)19-17(21)18(22-12-23-19)24-16-9-13(2)8-14(3)10-16/h8-10,12,15H,4-7,11,21H2,1-3H3,(H,22,23,24). The highest BCUT2D eigenvalue weighted by molar-refractivity contribution is 5.79. The van der Waals surface area contributed by atoms with Gasteiger partial charge in [-0.05, 0) is 56.9 Å². The number of rotatable bonds is 5. The smallest absolute Gasteiger partial charge is 0.310 e. The molecule has 3 rings (SSSR count). The number of esters is 1. The van der Waals surface area contributed by atoms with E-state index in [0.717, 1.165) is 25.1 Å². The summed E-state index contributed by atoms with van der Waals surface area (Å²) in [6.45, 7) is 7.69. The van der Waals surface area contributed by atoms with Crippen LogP contribution in [0.5, 0.6) is 0 Å². The summed E-state index contributed by atoms with van der Waals surface area (Å²) >= 11 is 0. The average Bonchev–Trinajstić information content (AvgIpc) is 2.63. The monoisotopic (exact) mass is 369 g/mol. The molecule has 1 unspecified atom stereocenters. The predicted molar refractivity (Wildman–Crippen MR) is 107 cm³/mol. The number of hydrogen-bond acceptors (Lipinski definition) is 7. The minimum Gasteiger partial charge on any atom is -0.466 e. The van der Waals surface area contributed by atoms with Crippen molar-refractivity contribution in [1.29, 1.82) is 0 Å². The van der Waals surface area contributed by atoms with Crippen molar-refractivity contribution in [3.8, 4) is 0 Å². The summed E-state index contributed by atoms with van der Waals surface area (Å²) in [4.78, 5) is 22.8. The van der Waals surface area contributed by atoms with E-state index in [9.17, 15) is 4.79 Å². The molecule has 0 radical (unpaired) electrons. The van der Waals surface area contributed by atoms with Crippen LogP contribution in [0, 0.1) is 19.8 Å². The van der Waals surface area contributed by atoms with Crippen molar-refractivity contribution in [3.05, 3.63) is 35.7 Å². The molecule has 2 aromatic rings. The minimum absolute atomic E-state index is 0.149. The molecule has 1 saturated heterocycles. The highest BCUT2D eigenvalue weighted by Gasteiger charge is 2.29. The Morgan fingerprint density at radius 3 is 2.74 bits per heavy atom. The summed E-state index contributed by atoms with van der Waals surface area (Å²) in [7, 11) is 0. The second-order valence-corrected chi connectivity index (χ2v) is 7.00. The maximum atomic E-state index is 12.1. The molecule has 2 heterocycles.